The number of allylic oxidation sites excluding steroid dienone is 1. The zero-order valence-corrected chi connectivity index (χ0v) is 19.3. The molecule has 0 bridgehead atoms. The zero-order chi connectivity index (χ0) is 24.6. The Labute approximate surface area is 196 Å². The van der Waals surface area contributed by atoms with Crippen molar-refractivity contribution in [3.63, 3.8) is 0 Å². The van der Waals surface area contributed by atoms with Crippen molar-refractivity contribution in [1.29, 1.82) is 0 Å². The molecule has 1 N–H and O–H groups in total. The summed E-state index contributed by atoms with van der Waals surface area (Å²) in [5.41, 5.74) is 3.24. The highest BCUT2D eigenvalue weighted by atomic mass is 16.4. The second-order valence-corrected chi connectivity index (χ2v) is 8.19. The van der Waals surface area contributed by atoms with Crippen LogP contribution in [0.5, 0.6) is 0 Å². The van der Waals surface area contributed by atoms with Crippen LogP contribution < -0.4 is 26.2 Å². The van der Waals surface area contributed by atoms with E-state index in [1.165, 1.54) is 16.7 Å². The molecule has 0 fully saturated rings. The Morgan fingerprint density at radius 3 is 2.44 bits per heavy atom. The van der Waals surface area contributed by atoms with Crippen LogP contribution in [0.1, 0.15) is 31.8 Å². The average Bonchev–Trinajstić information content (AvgIpc) is 3.17. The second-order valence-electron chi connectivity index (χ2n) is 8.19. The maximum absolute atomic E-state index is 13.2. The number of amides is 1. The topological polar surface area (TPSA) is 95.2 Å². The molecule has 3 aromatic rings. The molecule has 172 valence electrons. The van der Waals surface area contributed by atoms with E-state index < -0.39 is 11.9 Å². The average molecular weight is 457 g/mol. The monoisotopic (exact) mass is 456 g/mol. The van der Waals surface area contributed by atoms with E-state index in [1.807, 2.05) is 49.3 Å². The van der Waals surface area contributed by atoms with Gasteiger partial charge in [-0.05, 0) is 54.5 Å². The highest BCUT2D eigenvalue weighted by molar-refractivity contribution is 6.08. The number of rotatable bonds is 5. The maximum Gasteiger partial charge on any atom is 0.335 e. The lowest BCUT2D eigenvalue weighted by atomic mass is 10.1. The molecule has 0 saturated carbocycles. The van der Waals surface area contributed by atoms with Crippen molar-refractivity contribution in [2.45, 2.75) is 6.92 Å². The predicted octanol–water partition coefficient (Wildman–Crippen LogP) is 2.15. The van der Waals surface area contributed by atoms with Crippen molar-refractivity contribution in [3.8, 4) is 0 Å². The molecule has 0 spiro atoms. The van der Waals surface area contributed by atoms with E-state index in [2.05, 4.69) is 5.10 Å². The van der Waals surface area contributed by atoms with E-state index in [9.17, 15) is 19.5 Å². The van der Waals surface area contributed by atoms with Gasteiger partial charge in [0.1, 0.15) is 0 Å². The van der Waals surface area contributed by atoms with Gasteiger partial charge in [0.25, 0.3) is 11.5 Å². The van der Waals surface area contributed by atoms with Gasteiger partial charge in [-0.1, -0.05) is 30.4 Å². The van der Waals surface area contributed by atoms with Crippen LogP contribution in [0.15, 0.2) is 64.5 Å². The van der Waals surface area contributed by atoms with Crippen molar-refractivity contribution >= 4 is 35.4 Å². The highest BCUT2D eigenvalue weighted by Gasteiger charge is 2.30. The molecular formula is C26H24N4O4. The van der Waals surface area contributed by atoms with Crippen molar-refractivity contribution in [2.75, 3.05) is 24.0 Å². The molecule has 8 heteroatoms. The summed E-state index contributed by atoms with van der Waals surface area (Å²) in [6.07, 6.45) is 5.37. The van der Waals surface area contributed by atoms with Gasteiger partial charge in [-0.15, -0.1) is 5.10 Å². The number of pyridine rings is 1. The second kappa shape index (κ2) is 8.82. The molecule has 0 atom stereocenters. The lowest BCUT2D eigenvalue weighted by molar-refractivity contribution is 0.0696. The predicted molar refractivity (Wildman–Crippen MR) is 132 cm³/mol. The van der Waals surface area contributed by atoms with Crippen LogP contribution in [0.25, 0.3) is 12.2 Å². The van der Waals surface area contributed by atoms with Gasteiger partial charge in [-0.25, -0.2) is 4.79 Å². The first-order valence-electron chi connectivity index (χ1n) is 10.6. The summed E-state index contributed by atoms with van der Waals surface area (Å²) in [6, 6.07) is 13.9. The third kappa shape index (κ3) is 4.01. The SMILES string of the molecule is Cc1c2c(n(C)c(=O)/c1=C\C=Cc1ccc(N(C)C)cc1)=NN(c1cccc(C(=O)O)c1)C2=O. The summed E-state index contributed by atoms with van der Waals surface area (Å²) in [6.45, 7) is 1.72. The normalized spacial score (nSPS) is 13.4. The van der Waals surface area contributed by atoms with E-state index in [1.54, 1.807) is 38.3 Å². The minimum absolute atomic E-state index is 0.0415. The molecule has 2 heterocycles. The maximum atomic E-state index is 13.2. The first-order valence-corrected chi connectivity index (χ1v) is 10.6. The molecule has 0 radical (unpaired) electrons. The zero-order valence-electron chi connectivity index (χ0n) is 19.3. The Balaban J connectivity index is 1.74. The van der Waals surface area contributed by atoms with Crippen molar-refractivity contribution in [3.05, 3.63) is 97.9 Å². The molecular weight excluding hydrogens is 432 g/mol. The van der Waals surface area contributed by atoms with E-state index in [-0.39, 0.29) is 16.6 Å². The number of aromatic nitrogens is 1. The van der Waals surface area contributed by atoms with Crippen molar-refractivity contribution < 1.29 is 14.7 Å². The third-order valence-electron chi connectivity index (χ3n) is 5.76. The summed E-state index contributed by atoms with van der Waals surface area (Å²) in [5.74, 6) is -1.52. The van der Waals surface area contributed by atoms with Crippen molar-refractivity contribution in [2.24, 2.45) is 12.1 Å². The number of aromatic carboxylic acids is 1. The molecule has 8 nitrogen and oxygen atoms in total. The molecule has 0 aliphatic carbocycles. The molecule has 0 saturated heterocycles. The van der Waals surface area contributed by atoms with E-state index in [0.717, 1.165) is 16.3 Å². The Kier molecular flexibility index (Phi) is 5.89. The van der Waals surface area contributed by atoms with Crippen molar-refractivity contribution in [1.82, 2.24) is 4.57 Å². The largest absolute Gasteiger partial charge is 0.478 e. The van der Waals surface area contributed by atoms with Gasteiger partial charge >= 0.3 is 5.97 Å². The number of carboxylic acid groups (broad SMARTS) is 1. The quantitative estimate of drug-likeness (QED) is 0.635. The minimum Gasteiger partial charge on any atom is -0.478 e. The molecule has 34 heavy (non-hydrogen) atoms. The summed E-state index contributed by atoms with van der Waals surface area (Å²) in [4.78, 5) is 39.6. The molecule has 0 unspecified atom stereocenters. The third-order valence-corrected chi connectivity index (χ3v) is 5.76. The van der Waals surface area contributed by atoms with Crippen LogP contribution in [-0.2, 0) is 7.05 Å². The number of carbonyl (C=O) groups excluding carboxylic acids is 1. The summed E-state index contributed by atoms with van der Waals surface area (Å²) < 4.78 is 1.34. The standard InChI is InChI=1S/C26H24N4O4/c1-16-21(10-5-7-17-11-13-19(14-12-17)28(2)3)24(31)29(4)23-22(16)25(32)30(27-23)20-9-6-8-18(15-20)26(33)34/h5-15H,1-4H3,(H,33,34)/b7-5?,21-10-. The Bertz CT molecular complexity index is 1520. The van der Waals surface area contributed by atoms with Gasteiger partial charge in [0.15, 0.2) is 5.49 Å². The fourth-order valence-electron chi connectivity index (χ4n) is 3.81. The first-order chi connectivity index (χ1) is 16.2. The summed E-state index contributed by atoms with van der Waals surface area (Å²) in [5, 5.41) is 15.1. The fraction of sp³-hybridized carbons (Fsp3) is 0.154. The summed E-state index contributed by atoms with van der Waals surface area (Å²) in [7, 11) is 5.51. The van der Waals surface area contributed by atoms with Gasteiger partial charge in [-0.3, -0.25) is 14.2 Å². The first kappa shape index (κ1) is 22.7. The van der Waals surface area contributed by atoms with Gasteiger partial charge < -0.3 is 10.0 Å². The van der Waals surface area contributed by atoms with Crippen LogP contribution in [-0.4, -0.2) is 35.6 Å². The number of anilines is 2. The lowest BCUT2D eigenvalue weighted by Gasteiger charge is -2.12. The Hall–Kier alpha value is -4.46. The fourth-order valence-corrected chi connectivity index (χ4v) is 3.81. The Morgan fingerprint density at radius 1 is 1.09 bits per heavy atom. The Morgan fingerprint density at radius 2 is 1.79 bits per heavy atom. The molecule has 2 aromatic carbocycles. The lowest BCUT2D eigenvalue weighted by Crippen LogP contribution is -2.44. The van der Waals surface area contributed by atoms with Gasteiger partial charge in [0.2, 0.25) is 0 Å². The number of fused-ring (bicyclic) bond motifs is 1. The van der Waals surface area contributed by atoms with Crippen LogP contribution in [0.4, 0.5) is 11.4 Å². The smallest absolute Gasteiger partial charge is 0.335 e. The number of hydrogen-bond donors (Lipinski definition) is 1. The number of carboxylic acids is 1. The molecule has 1 aromatic heterocycles. The molecule has 1 amide bonds. The minimum atomic E-state index is -1.10. The van der Waals surface area contributed by atoms with E-state index >= 15 is 0 Å². The summed E-state index contributed by atoms with van der Waals surface area (Å²) >= 11 is 0. The molecule has 4 rings (SSSR count). The van der Waals surface area contributed by atoms with Crippen LogP contribution in [0.3, 0.4) is 0 Å². The molecule has 1 aliphatic rings. The molecule has 1 aliphatic heterocycles. The van der Waals surface area contributed by atoms with E-state index in [0.29, 0.717) is 22.0 Å². The van der Waals surface area contributed by atoms with Crippen LogP contribution in [0.2, 0.25) is 0 Å². The van der Waals surface area contributed by atoms with Crippen LogP contribution >= 0.6 is 0 Å². The van der Waals surface area contributed by atoms with E-state index in [4.69, 9.17) is 0 Å². The van der Waals surface area contributed by atoms with Gasteiger partial charge in [-0.2, -0.15) is 5.01 Å². The number of hydrogen-bond acceptors (Lipinski definition) is 5. The number of nitrogens with zero attached hydrogens (tertiary/aromatic N) is 4. The number of benzene rings is 2. The van der Waals surface area contributed by atoms with Gasteiger partial charge in [0, 0.05) is 32.0 Å². The number of carbonyl (C=O) groups is 2. The van der Waals surface area contributed by atoms with Gasteiger partial charge in [0.05, 0.1) is 16.8 Å². The highest BCUT2D eigenvalue weighted by Crippen LogP contribution is 2.21. The van der Waals surface area contributed by atoms with Crippen LogP contribution in [0, 0.1) is 6.92 Å².